The monoisotopic (exact) mass is 559 g/mol. The van der Waals surface area contributed by atoms with Crippen LogP contribution in [0.15, 0.2) is 162 Å². The Morgan fingerprint density at radius 1 is 0.395 bits per heavy atom. The van der Waals surface area contributed by atoms with Crippen molar-refractivity contribution >= 4 is 54.3 Å². The average molecular weight is 560 g/mol. The van der Waals surface area contributed by atoms with Crippen LogP contribution < -0.4 is 0 Å². The van der Waals surface area contributed by atoms with Crippen molar-refractivity contribution in [3.8, 4) is 33.4 Å². The van der Waals surface area contributed by atoms with Gasteiger partial charge in [0.1, 0.15) is 11.2 Å². The maximum absolute atomic E-state index is 9.58. The molecular formula is C42H26O. The number of hydrogen-bond donors (Lipinski definition) is 0. The number of hydrogen-bond acceptors (Lipinski definition) is 1. The predicted octanol–water partition coefficient (Wildman–Crippen LogP) is 12.0. The summed E-state index contributed by atoms with van der Waals surface area (Å²) in [6.45, 7) is 0. The zero-order valence-electron chi connectivity index (χ0n) is 35.4. The van der Waals surface area contributed by atoms with Gasteiger partial charge in [-0.15, -0.1) is 0 Å². The molecule has 8 aromatic carbocycles. The lowest BCUT2D eigenvalue weighted by atomic mass is 9.85. The van der Waals surface area contributed by atoms with Crippen LogP contribution in [-0.2, 0) is 0 Å². The Hall–Kier alpha value is -5.66. The molecule has 1 aromatic heterocycles. The van der Waals surface area contributed by atoms with E-state index in [1.54, 1.807) is 78.9 Å². The van der Waals surface area contributed by atoms with Crippen molar-refractivity contribution in [1.82, 2.24) is 0 Å². The quantitative estimate of drug-likeness (QED) is 0.196. The van der Waals surface area contributed by atoms with E-state index >= 15 is 0 Å². The van der Waals surface area contributed by atoms with Crippen LogP contribution >= 0.6 is 0 Å². The molecule has 200 valence electrons. The molecule has 0 amide bonds. The lowest BCUT2D eigenvalue weighted by molar-refractivity contribution is 0.673. The molecule has 1 heteroatoms. The van der Waals surface area contributed by atoms with Crippen LogP contribution in [-0.4, -0.2) is 0 Å². The van der Waals surface area contributed by atoms with Crippen molar-refractivity contribution in [1.29, 1.82) is 0 Å². The first-order valence-electron chi connectivity index (χ1n) is 20.2. The van der Waals surface area contributed by atoms with Crippen LogP contribution in [0, 0.1) is 0 Å². The second kappa shape index (κ2) is 9.44. The summed E-state index contributed by atoms with van der Waals surface area (Å²) < 4.78 is 122. The first kappa shape index (κ1) is 14.5. The lowest BCUT2D eigenvalue weighted by Gasteiger charge is -2.18. The van der Waals surface area contributed by atoms with Crippen LogP contribution in [0.25, 0.3) is 87.6 Å². The molecule has 0 N–H and O–H groups in total. The van der Waals surface area contributed by atoms with Crippen molar-refractivity contribution in [3.05, 3.63) is 157 Å². The molecule has 0 spiro atoms. The van der Waals surface area contributed by atoms with Gasteiger partial charge in [-0.2, -0.15) is 0 Å². The Kier molecular flexibility index (Phi) is 3.18. The zero-order chi connectivity index (χ0) is 39.6. The van der Waals surface area contributed by atoms with Crippen LogP contribution in [0.4, 0.5) is 0 Å². The Balaban J connectivity index is 1.42. The van der Waals surface area contributed by atoms with Gasteiger partial charge >= 0.3 is 0 Å². The van der Waals surface area contributed by atoms with E-state index in [0.29, 0.717) is 38.2 Å². The van der Waals surface area contributed by atoms with Gasteiger partial charge in [0.2, 0.25) is 0 Å². The largest absolute Gasteiger partial charge is 0.455 e. The van der Waals surface area contributed by atoms with Crippen molar-refractivity contribution in [3.63, 3.8) is 0 Å². The molecule has 0 saturated heterocycles. The van der Waals surface area contributed by atoms with Gasteiger partial charge in [-0.05, 0) is 78.4 Å². The van der Waals surface area contributed by atoms with E-state index in [2.05, 4.69) is 0 Å². The third-order valence-corrected chi connectivity index (χ3v) is 7.81. The number of rotatable bonds is 3. The first-order chi connectivity index (χ1) is 26.8. The van der Waals surface area contributed by atoms with E-state index in [4.69, 9.17) is 15.4 Å². The molecule has 0 aliphatic heterocycles. The van der Waals surface area contributed by atoms with E-state index in [1.165, 1.54) is 0 Å². The van der Waals surface area contributed by atoms with Crippen molar-refractivity contribution in [2.45, 2.75) is 0 Å². The van der Waals surface area contributed by atoms with Crippen LogP contribution in [0.5, 0.6) is 0 Å². The number of fused-ring (bicyclic) bond motifs is 7. The minimum absolute atomic E-state index is 0.00308. The maximum atomic E-state index is 9.58. The van der Waals surface area contributed by atoms with E-state index < -0.39 is 42.3 Å². The highest BCUT2D eigenvalue weighted by molar-refractivity contribution is 6.22. The Labute approximate surface area is 267 Å². The van der Waals surface area contributed by atoms with Crippen LogP contribution in [0.1, 0.15) is 17.8 Å². The first-order valence-corrected chi connectivity index (χ1v) is 13.7. The highest BCUT2D eigenvalue weighted by Crippen LogP contribution is 2.45. The molecule has 9 aromatic rings. The van der Waals surface area contributed by atoms with Gasteiger partial charge in [0.15, 0.2) is 0 Å². The second-order valence-electron chi connectivity index (χ2n) is 10.2. The summed E-state index contributed by atoms with van der Waals surface area (Å²) in [5.41, 5.74) is 1.22. The maximum Gasteiger partial charge on any atom is 0.143 e. The topological polar surface area (TPSA) is 13.1 Å². The molecule has 1 nitrogen and oxygen atoms in total. The fourth-order valence-corrected chi connectivity index (χ4v) is 5.88. The molecule has 0 aliphatic rings. The van der Waals surface area contributed by atoms with Gasteiger partial charge in [0.25, 0.3) is 0 Å². The van der Waals surface area contributed by atoms with Crippen LogP contribution in [0.2, 0.25) is 0 Å². The lowest BCUT2D eigenvalue weighted by Crippen LogP contribution is -1.91. The van der Waals surface area contributed by atoms with Gasteiger partial charge in [-0.25, -0.2) is 0 Å². The summed E-state index contributed by atoms with van der Waals surface area (Å²) in [6.07, 6.45) is 0. The molecule has 0 atom stereocenters. The van der Waals surface area contributed by atoms with Crippen molar-refractivity contribution in [2.75, 3.05) is 0 Å². The van der Waals surface area contributed by atoms with Gasteiger partial charge in [-0.3, -0.25) is 0 Å². The van der Waals surface area contributed by atoms with E-state index in [-0.39, 0.29) is 85.7 Å². The van der Waals surface area contributed by atoms with Crippen molar-refractivity contribution in [2.24, 2.45) is 0 Å². The number of benzene rings is 8. The van der Waals surface area contributed by atoms with E-state index in [0.717, 1.165) is 0 Å². The molecule has 0 unspecified atom stereocenters. The highest BCUT2D eigenvalue weighted by Gasteiger charge is 2.18. The third-order valence-electron chi connectivity index (χ3n) is 7.81. The van der Waals surface area contributed by atoms with Gasteiger partial charge in [0, 0.05) is 16.2 Å². The summed E-state index contributed by atoms with van der Waals surface area (Å²) in [5.74, 6) is 0. The second-order valence-corrected chi connectivity index (χ2v) is 10.2. The predicted molar refractivity (Wildman–Crippen MR) is 183 cm³/mol. The third kappa shape index (κ3) is 3.72. The Bertz CT molecular complexity index is 3140. The normalized spacial score (nSPS) is 16.0. The molecule has 43 heavy (non-hydrogen) atoms. The summed E-state index contributed by atoms with van der Waals surface area (Å²) in [4.78, 5) is 0. The molecule has 0 bridgehead atoms. The highest BCUT2D eigenvalue weighted by atomic mass is 16.3. The summed E-state index contributed by atoms with van der Waals surface area (Å²) in [5, 5.41) is 1.43. The summed E-state index contributed by atoms with van der Waals surface area (Å²) in [7, 11) is 0. The molecular weight excluding hydrogens is 520 g/mol. The number of furan rings is 1. The Morgan fingerprint density at radius 2 is 0.953 bits per heavy atom. The van der Waals surface area contributed by atoms with Gasteiger partial charge in [0.05, 0.1) is 17.8 Å². The smallest absolute Gasteiger partial charge is 0.143 e. The molecule has 0 radical (unpaired) electrons. The fraction of sp³-hybridized carbons (Fsp3) is 0. The minimum atomic E-state index is -0.578. The van der Waals surface area contributed by atoms with Crippen LogP contribution in [0.3, 0.4) is 0 Å². The Morgan fingerprint density at radius 3 is 1.65 bits per heavy atom. The van der Waals surface area contributed by atoms with E-state index in [9.17, 15) is 6.85 Å². The minimum Gasteiger partial charge on any atom is -0.455 e. The molecule has 0 saturated carbocycles. The SMILES string of the molecule is [2H]c1c([2H])c(-c2c3ccccc3c(-c3c([2H])c([2H])c4c(oc5c6c([2H])c([2H])c([2H])c([2H])c6c([2H])c([2H])c54)c3[2H])c3ccccc23)c([2H])c([2H])c1-c1ccccc1. The molecule has 9 rings (SSSR count). The van der Waals surface area contributed by atoms with Gasteiger partial charge in [-0.1, -0.05) is 139 Å². The van der Waals surface area contributed by atoms with Gasteiger partial charge < -0.3 is 4.42 Å². The molecule has 0 fully saturated rings. The van der Waals surface area contributed by atoms with E-state index in [1.807, 2.05) is 0 Å². The summed E-state index contributed by atoms with van der Waals surface area (Å²) in [6, 6.07) is 17.8. The molecule has 0 aliphatic carbocycles. The summed E-state index contributed by atoms with van der Waals surface area (Å²) >= 11 is 0. The fourth-order valence-electron chi connectivity index (χ4n) is 5.88. The molecule has 1 heterocycles. The zero-order valence-corrected chi connectivity index (χ0v) is 22.4. The standard InChI is InChI=1S/C42H26O/c1-2-10-27(11-3-1)28-18-20-30(21-19-28)40-34-14-6-8-16-36(34)41(37-17-9-7-15-35(37)40)31-23-24-33-38-25-22-29-12-4-5-13-32(29)42(38)43-39(33)26-31/h1-26H/i4D,5D,12D,13D,18D,19D,20D,21D,22D,23D,24D,25D,26D. The van der Waals surface area contributed by atoms with Crippen molar-refractivity contribution < 1.29 is 22.2 Å². The average Bonchev–Trinajstić information content (AvgIpc) is 3.61.